The Bertz CT molecular complexity index is 306. The van der Waals surface area contributed by atoms with Crippen LogP contribution in [0.2, 0.25) is 0 Å². The summed E-state index contributed by atoms with van der Waals surface area (Å²) in [5.41, 5.74) is 0. The van der Waals surface area contributed by atoms with Gasteiger partial charge in [0, 0.05) is 30.3 Å². The van der Waals surface area contributed by atoms with Crippen LogP contribution in [0.3, 0.4) is 0 Å². The zero-order valence-corrected chi connectivity index (χ0v) is 12.8. The fraction of sp³-hybridized carbons (Fsp3) is 0.929. The van der Waals surface area contributed by atoms with E-state index in [2.05, 4.69) is 24.1 Å². The molecule has 18 heavy (non-hydrogen) atoms. The summed E-state index contributed by atoms with van der Waals surface area (Å²) in [6.45, 7) is 9.48. The summed E-state index contributed by atoms with van der Waals surface area (Å²) in [6, 6.07) is 1.25. The number of carbonyl (C=O) groups is 1. The Morgan fingerprint density at radius 3 is 2.61 bits per heavy atom. The number of piperidine rings is 1. The number of hydrogen-bond donors (Lipinski definition) is 1. The first kappa shape index (κ1) is 14.4. The predicted molar refractivity (Wildman–Crippen MR) is 77.9 cm³/mol. The van der Waals surface area contributed by atoms with Crippen LogP contribution in [0, 0.1) is 5.92 Å². The molecule has 0 bridgehead atoms. The Labute approximate surface area is 115 Å². The van der Waals surface area contributed by atoms with Crippen LogP contribution in [0.5, 0.6) is 0 Å². The molecular formula is C14H26N2OS. The van der Waals surface area contributed by atoms with Crippen molar-refractivity contribution in [2.24, 2.45) is 5.92 Å². The molecule has 0 unspecified atom stereocenters. The van der Waals surface area contributed by atoms with E-state index in [-0.39, 0.29) is 12.0 Å². The van der Waals surface area contributed by atoms with Crippen LogP contribution >= 0.6 is 11.8 Å². The molecule has 2 heterocycles. The third kappa shape index (κ3) is 3.09. The normalized spacial score (nSPS) is 33.1. The van der Waals surface area contributed by atoms with Crippen molar-refractivity contribution in [1.82, 2.24) is 10.2 Å². The molecule has 0 saturated carbocycles. The van der Waals surface area contributed by atoms with E-state index in [9.17, 15) is 4.79 Å². The quantitative estimate of drug-likeness (QED) is 0.848. The number of thioether (sulfide) groups is 1. The minimum Gasteiger partial charge on any atom is -0.311 e. The predicted octanol–water partition coefficient (Wildman–Crippen LogP) is 2.12. The number of hydrogen-bond acceptors (Lipinski definition) is 4. The van der Waals surface area contributed by atoms with Crippen molar-refractivity contribution in [3.8, 4) is 0 Å². The lowest BCUT2D eigenvalue weighted by Crippen LogP contribution is -2.54. The third-order valence-corrected chi connectivity index (χ3v) is 5.28. The van der Waals surface area contributed by atoms with Gasteiger partial charge in [-0.15, -0.1) is 11.8 Å². The molecule has 0 spiro atoms. The molecule has 0 aromatic heterocycles. The van der Waals surface area contributed by atoms with Gasteiger partial charge in [0.1, 0.15) is 0 Å². The molecule has 3 atom stereocenters. The van der Waals surface area contributed by atoms with Crippen LogP contribution < -0.4 is 5.32 Å². The van der Waals surface area contributed by atoms with E-state index < -0.39 is 0 Å². The van der Waals surface area contributed by atoms with E-state index in [1.807, 2.05) is 25.6 Å². The van der Waals surface area contributed by atoms with Crippen molar-refractivity contribution >= 4 is 17.5 Å². The first-order valence-corrected chi connectivity index (χ1v) is 8.21. The standard InChI is InChI=1S/C14H26N2OS/c1-9(2)14(17)12-8-18-13-6-5-11(7-16(12)13)15-10(3)4/h9-13,15H,5-8H2,1-4H3/t11-,12-,13-/m1/s1. The average molecular weight is 270 g/mol. The maximum absolute atomic E-state index is 12.3. The van der Waals surface area contributed by atoms with Crippen molar-refractivity contribution in [1.29, 1.82) is 0 Å². The van der Waals surface area contributed by atoms with Crippen LogP contribution in [-0.2, 0) is 4.79 Å². The number of ketones is 1. The van der Waals surface area contributed by atoms with Gasteiger partial charge in [-0.3, -0.25) is 9.69 Å². The summed E-state index contributed by atoms with van der Waals surface area (Å²) in [4.78, 5) is 14.7. The molecule has 2 rings (SSSR count). The minimum atomic E-state index is 0.160. The summed E-state index contributed by atoms with van der Waals surface area (Å²) < 4.78 is 0. The Balaban J connectivity index is 1.99. The molecule has 0 aliphatic carbocycles. The summed E-state index contributed by atoms with van der Waals surface area (Å²) >= 11 is 1.98. The molecule has 0 aromatic rings. The van der Waals surface area contributed by atoms with E-state index in [0.29, 0.717) is 23.2 Å². The lowest BCUT2D eigenvalue weighted by molar-refractivity contribution is -0.126. The van der Waals surface area contributed by atoms with Crippen LogP contribution in [0.4, 0.5) is 0 Å². The molecular weight excluding hydrogens is 244 g/mol. The maximum atomic E-state index is 12.3. The fourth-order valence-corrected chi connectivity index (χ4v) is 4.50. The van der Waals surface area contributed by atoms with Gasteiger partial charge in [0.2, 0.25) is 0 Å². The molecule has 2 fully saturated rings. The van der Waals surface area contributed by atoms with Crippen molar-refractivity contribution in [2.45, 2.75) is 64.0 Å². The first-order chi connectivity index (χ1) is 8.49. The van der Waals surface area contributed by atoms with Gasteiger partial charge in [-0.25, -0.2) is 0 Å². The Morgan fingerprint density at radius 2 is 2.00 bits per heavy atom. The van der Waals surface area contributed by atoms with Gasteiger partial charge >= 0.3 is 0 Å². The van der Waals surface area contributed by atoms with E-state index >= 15 is 0 Å². The van der Waals surface area contributed by atoms with Crippen molar-refractivity contribution < 1.29 is 4.79 Å². The Morgan fingerprint density at radius 1 is 1.28 bits per heavy atom. The highest BCUT2D eigenvalue weighted by Crippen LogP contribution is 2.36. The van der Waals surface area contributed by atoms with Gasteiger partial charge in [0.15, 0.2) is 5.78 Å². The lowest BCUT2D eigenvalue weighted by atomic mass is 9.97. The summed E-state index contributed by atoms with van der Waals surface area (Å²) in [6.07, 6.45) is 2.46. The molecule has 0 aromatic carbocycles. The van der Waals surface area contributed by atoms with Crippen molar-refractivity contribution in [2.75, 3.05) is 12.3 Å². The van der Waals surface area contributed by atoms with Crippen LogP contribution in [0.15, 0.2) is 0 Å². The second kappa shape index (κ2) is 5.93. The zero-order chi connectivity index (χ0) is 13.3. The maximum Gasteiger partial charge on any atom is 0.153 e. The molecule has 4 heteroatoms. The van der Waals surface area contributed by atoms with Crippen LogP contribution in [-0.4, -0.2) is 46.5 Å². The Hall–Kier alpha value is -0.0600. The van der Waals surface area contributed by atoms with E-state index in [1.54, 1.807) is 0 Å². The zero-order valence-electron chi connectivity index (χ0n) is 12.0. The molecule has 104 valence electrons. The van der Waals surface area contributed by atoms with Crippen molar-refractivity contribution in [3.63, 3.8) is 0 Å². The molecule has 2 saturated heterocycles. The minimum absolute atomic E-state index is 0.160. The highest BCUT2D eigenvalue weighted by Gasteiger charge is 2.42. The van der Waals surface area contributed by atoms with E-state index in [0.717, 1.165) is 12.3 Å². The number of carbonyl (C=O) groups excluding carboxylic acids is 1. The number of rotatable bonds is 4. The van der Waals surface area contributed by atoms with Gasteiger partial charge in [0.05, 0.1) is 11.4 Å². The summed E-state index contributed by atoms with van der Waals surface area (Å²) in [5.74, 6) is 1.58. The molecule has 1 N–H and O–H groups in total. The first-order valence-electron chi connectivity index (χ1n) is 7.16. The molecule has 0 radical (unpaired) electrons. The van der Waals surface area contributed by atoms with Crippen molar-refractivity contribution in [3.05, 3.63) is 0 Å². The largest absolute Gasteiger partial charge is 0.311 e. The third-order valence-electron chi connectivity index (χ3n) is 3.88. The monoisotopic (exact) mass is 270 g/mol. The van der Waals surface area contributed by atoms with Gasteiger partial charge in [0.25, 0.3) is 0 Å². The lowest BCUT2D eigenvalue weighted by Gasteiger charge is -2.38. The average Bonchev–Trinajstić information content (AvgIpc) is 2.70. The number of nitrogens with zero attached hydrogens (tertiary/aromatic N) is 1. The van der Waals surface area contributed by atoms with Gasteiger partial charge < -0.3 is 5.32 Å². The summed E-state index contributed by atoms with van der Waals surface area (Å²) in [5, 5.41) is 4.21. The molecule has 2 aliphatic heterocycles. The number of Topliss-reactive ketones (excluding diaryl/α,β-unsaturated/α-hetero) is 1. The molecule has 3 nitrogen and oxygen atoms in total. The fourth-order valence-electron chi connectivity index (χ4n) is 3.02. The van der Waals surface area contributed by atoms with Gasteiger partial charge in [-0.05, 0) is 12.8 Å². The van der Waals surface area contributed by atoms with E-state index in [1.165, 1.54) is 12.8 Å². The topological polar surface area (TPSA) is 32.3 Å². The smallest absolute Gasteiger partial charge is 0.153 e. The second-order valence-electron chi connectivity index (χ2n) is 6.15. The highest BCUT2D eigenvalue weighted by molar-refractivity contribution is 8.00. The van der Waals surface area contributed by atoms with Crippen LogP contribution in [0.25, 0.3) is 0 Å². The van der Waals surface area contributed by atoms with Gasteiger partial charge in [-0.1, -0.05) is 27.7 Å². The SMILES string of the molecule is CC(C)N[C@@H]1CC[C@H]2SC[C@H](C(=O)C(C)C)N2C1. The highest BCUT2D eigenvalue weighted by atomic mass is 32.2. The molecule has 0 amide bonds. The second-order valence-corrected chi connectivity index (χ2v) is 7.36. The Kier molecular flexibility index (Phi) is 4.73. The summed E-state index contributed by atoms with van der Waals surface area (Å²) in [7, 11) is 0. The number of fused-ring (bicyclic) bond motifs is 1. The van der Waals surface area contributed by atoms with Gasteiger partial charge in [-0.2, -0.15) is 0 Å². The van der Waals surface area contributed by atoms with E-state index in [4.69, 9.17) is 0 Å². The molecule has 2 aliphatic rings. The number of nitrogens with one attached hydrogen (secondary N) is 1. The van der Waals surface area contributed by atoms with Crippen LogP contribution in [0.1, 0.15) is 40.5 Å².